The molecule has 8 heteroatoms. The van der Waals surface area contributed by atoms with Gasteiger partial charge in [-0.05, 0) is 42.7 Å². The Hall–Kier alpha value is -3.55. The van der Waals surface area contributed by atoms with Gasteiger partial charge in [-0.15, -0.1) is 0 Å². The van der Waals surface area contributed by atoms with E-state index in [1.807, 2.05) is 18.2 Å². The molecular formula is C24H25N3O5. The molecule has 32 heavy (non-hydrogen) atoms. The first-order chi connectivity index (χ1) is 15.5. The summed E-state index contributed by atoms with van der Waals surface area (Å²) in [5, 5.41) is 2.97. The highest BCUT2D eigenvalue weighted by Gasteiger charge is 2.37. The van der Waals surface area contributed by atoms with Crippen LogP contribution < -0.4 is 19.7 Å². The number of hydrogen-bond acceptors (Lipinski definition) is 5. The van der Waals surface area contributed by atoms with E-state index in [-0.39, 0.29) is 30.9 Å². The lowest BCUT2D eigenvalue weighted by molar-refractivity contribution is -0.135. The fourth-order valence-corrected chi connectivity index (χ4v) is 4.10. The van der Waals surface area contributed by atoms with E-state index in [4.69, 9.17) is 9.47 Å². The second-order valence-electron chi connectivity index (χ2n) is 8.58. The Morgan fingerprint density at radius 3 is 2.59 bits per heavy atom. The summed E-state index contributed by atoms with van der Waals surface area (Å²) < 4.78 is 10.7. The van der Waals surface area contributed by atoms with Crippen molar-refractivity contribution in [1.29, 1.82) is 0 Å². The van der Waals surface area contributed by atoms with Crippen molar-refractivity contribution in [2.45, 2.75) is 31.8 Å². The van der Waals surface area contributed by atoms with Crippen molar-refractivity contribution in [1.82, 2.24) is 10.2 Å². The second kappa shape index (κ2) is 8.18. The van der Waals surface area contributed by atoms with Crippen LogP contribution in [0.1, 0.15) is 35.2 Å². The number of fused-ring (bicyclic) bond motifs is 1. The lowest BCUT2D eigenvalue weighted by atomic mass is 10.1. The molecule has 1 atom stereocenters. The number of ether oxygens (including phenoxy) is 2. The summed E-state index contributed by atoms with van der Waals surface area (Å²) in [5.41, 5.74) is 2.26. The molecule has 166 valence electrons. The lowest BCUT2D eigenvalue weighted by Crippen LogP contribution is -2.34. The smallest absolute Gasteiger partial charge is 0.251 e. The molecule has 0 bridgehead atoms. The molecule has 2 fully saturated rings. The second-order valence-corrected chi connectivity index (χ2v) is 8.58. The van der Waals surface area contributed by atoms with Crippen LogP contribution in [0.2, 0.25) is 0 Å². The lowest BCUT2D eigenvalue weighted by Gasteiger charge is -2.22. The minimum absolute atomic E-state index is 0.0587. The summed E-state index contributed by atoms with van der Waals surface area (Å²) in [6.07, 6.45) is 2.27. The highest BCUT2D eigenvalue weighted by Crippen LogP contribution is 2.37. The first kappa shape index (κ1) is 20.4. The zero-order valence-corrected chi connectivity index (χ0v) is 17.9. The van der Waals surface area contributed by atoms with Gasteiger partial charge in [-0.1, -0.05) is 12.1 Å². The molecule has 3 amide bonds. The molecule has 1 unspecified atom stereocenters. The Morgan fingerprint density at radius 2 is 1.84 bits per heavy atom. The van der Waals surface area contributed by atoms with Gasteiger partial charge in [0.1, 0.15) is 0 Å². The van der Waals surface area contributed by atoms with E-state index in [1.54, 1.807) is 41.1 Å². The van der Waals surface area contributed by atoms with Crippen molar-refractivity contribution in [3.05, 3.63) is 53.6 Å². The van der Waals surface area contributed by atoms with Crippen molar-refractivity contribution >= 4 is 23.4 Å². The molecule has 2 aromatic carbocycles. The van der Waals surface area contributed by atoms with E-state index < -0.39 is 5.92 Å². The maximum atomic E-state index is 13.0. The van der Waals surface area contributed by atoms with Crippen molar-refractivity contribution < 1.29 is 23.9 Å². The van der Waals surface area contributed by atoms with Gasteiger partial charge < -0.3 is 24.6 Å². The Bertz CT molecular complexity index is 1060. The van der Waals surface area contributed by atoms with E-state index in [9.17, 15) is 14.4 Å². The Labute approximate surface area is 186 Å². The molecule has 1 saturated carbocycles. The van der Waals surface area contributed by atoms with Gasteiger partial charge in [0.2, 0.25) is 18.6 Å². The average Bonchev–Trinajstić information content (AvgIpc) is 3.33. The zero-order chi connectivity index (χ0) is 22.2. The van der Waals surface area contributed by atoms with Crippen LogP contribution in [0.4, 0.5) is 5.69 Å². The van der Waals surface area contributed by atoms with E-state index >= 15 is 0 Å². The van der Waals surface area contributed by atoms with Crippen LogP contribution >= 0.6 is 0 Å². The minimum atomic E-state index is -0.401. The fourth-order valence-electron chi connectivity index (χ4n) is 4.10. The number of anilines is 1. The van der Waals surface area contributed by atoms with Crippen LogP contribution in [0.25, 0.3) is 0 Å². The monoisotopic (exact) mass is 435 g/mol. The van der Waals surface area contributed by atoms with Crippen molar-refractivity contribution in [2.75, 3.05) is 25.3 Å². The molecule has 1 N–H and O–H groups in total. The number of amides is 3. The summed E-state index contributed by atoms with van der Waals surface area (Å²) in [4.78, 5) is 41.0. The zero-order valence-electron chi connectivity index (χ0n) is 17.9. The van der Waals surface area contributed by atoms with E-state index in [2.05, 4.69) is 5.32 Å². The number of benzene rings is 2. The largest absolute Gasteiger partial charge is 0.454 e. The quantitative estimate of drug-likeness (QED) is 0.752. The van der Waals surface area contributed by atoms with Gasteiger partial charge in [-0.3, -0.25) is 14.4 Å². The maximum Gasteiger partial charge on any atom is 0.251 e. The van der Waals surface area contributed by atoms with Crippen LogP contribution in [0.15, 0.2) is 42.5 Å². The molecule has 3 aliphatic rings. The third-order valence-corrected chi connectivity index (χ3v) is 6.07. The summed E-state index contributed by atoms with van der Waals surface area (Å²) in [7, 11) is 1.74. The molecular weight excluding hydrogens is 410 g/mol. The molecule has 2 aliphatic heterocycles. The highest BCUT2D eigenvalue weighted by molar-refractivity contribution is 6.00. The molecule has 2 aromatic rings. The predicted octanol–water partition coefficient (Wildman–Crippen LogP) is 2.32. The number of nitrogens with one attached hydrogen (secondary N) is 1. The van der Waals surface area contributed by atoms with Crippen molar-refractivity contribution in [2.24, 2.45) is 5.92 Å². The normalized spacial score (nSPS) is 19.2. The minimum Gasteiger partial charge on any atom is -0.454 e. The summed E-state index contributed by atoms with van der Waals surface area (Å²) in [6, 6.07) is 13.0. The Kier molecular flexibility index (Phi) is 5.20. The topological polar surface area (TPSA) is 88.2 Å². The fraction of sp³-hybridized carbons (Fsp3) is 0.375. The summed E-state index contributed by atoms with van der Waals surface area (Å²) in [6.45, 7) is 0.921. The molecule has 2 heterocycles. The van der Waals surface area contributed by atoms with Gasteiger partial charge in [-0.2, -0.15) is 0 Å². The van der Waals surface area contributed by atoms with Crippen LogP contribution in [-0.4, -0.2) is 49.0 Å². The predicted molar refractivity (Wildman–Crippen MR) is 116 cm³/mol. The molecule has 1 aliphatic carbocycles. The van der Waals surface area contributed by atoms with Crippen LogP contribution in [0.3, 0.4) is 0 Å². The molecule has 0 radical (unpaired) electrons. The number of rotatable bonds is 6. The van der Waals surface area contributed by atoms with Crippen molar-refractivity contribution in [3.63, 3.8) is 0 Å². The highest BCUT2D eigenvalue weighted by atomic mass is 16.7. The molecule has 8 nitrogen and oxygen atoms in total. The van der Waals surface area contributed by atoms with Gasteiger partial charge in [0, 0.05) is 49.9 Å². The molecule has 0 aromatic heterocycles. The van der Waals surface area contributed by atoms with Gasteiger partial charge >= 0.3 is 0 Å². The third-order valence-electron chi connectivity index (χ3n) is 6.07. The van der Waals surface area contributed by atoms with Crippen LogP contribution in [0.5, 0.6) is 11.5 Å². The number of hydrogen-bond donors (Lipinski definition) is 1. The standard InChI is InChI=1S/C24H25N3O5/c1-26(12-15-2-4-16(5-3-15)23(29)25-18-6-7-18)24(30)17-10-22(28)27(13-17)19-8-9-20-21(11-19)32-14-31-20/h2-5,8-9,11,17-18H,6-7,10,12-14H2,1H3,(H,25,29). The molecule has 0 spiro atoms. The van der Waals surface area contributed by atoms with E-state index in [0.717, 1.165) is 18.4 Å². The number of nitrogens with zero attached hydrogens (tertiary/aromatic N) is 2. The van der Waals surface area contributed by atoms with Gasteiger partial charge in [0.25, 0.3) is 5.91 Å². The van der Waals surface area contributed by atoms with Crippen LogP contribution in [-0.2, 0) is 16.1 Å². The number of carbonyl (C=O) groups is 3. The van der Waals surface area contributed by atoms with E-state index in [1.165, 1.54) is 0 Å². The Balaban J connectivity index is 1.19. The summed E-state index contributed by atoms with van der Waals surface area (Å²) >= 11 is 0. The first-order valence-corrected chi connectivity index (χ1v) is 10.8. The maximum absolute atomic E-state index is 13.0. The first-order valence-electron chi connectivity index (χ1n) is 10.8. The molecule has 1 saturated heterocycles. The molecule has 5 rings (SSSR count). The van der Waals surface area contributed by atoms with Gasteiger partial charge in [-0.25, -0.2) is 0 Å². The van der Waals surface area contributed by atoms with Crippen molar-refractivity contribution in [3.8, 4) is 11.5 Å². The van der Waals surface area contributed by atoms with Gasteiger partial charge in [0.05, 0.1) is 5.92 Å². The average molecular weight is 435 g/mol. The van der Waals surface area contributed by atoms with Gasteiger partial charge in [0.15, 0.2) is 11.5 Å². The SMILES string of the molecule is CN(Cc1ccc(C(=O)NC2CC2)cc1)C(=O)C1CC(=O)N(c2ccc3c(c2)OCO3)C1. The van der Waals surface area contributed by atoms with E-state index in [0.29, 0.717) is 41.9 Å². The third kappa shape index (κ3) is 4.12. The Morgan fingerprint density at radius 1 is 1.09 bits per heavy atom. The summed E-state index contributed by atoms with van der Waals surface area (Å²) in [5.74, 6) is 0.650. The van der Waals surface area contributed by atoms with Crippen LogP contribution in [0, 0.1) is 5.92 Å². The number of carbonyl (C=O) groups excluding carboxylic acids is 3.